The normalized spacial score (nSPS) is 11.6. The number of hydrogen-bond acceptors (Lipinski definition) is 1. The van der Waals surface area contributed by atoms with Gasteiger partial charge in [-0.3, -0.25) is 0 Å². The highest BCUT2D eigenvalue weighted by molar-refractivity contribution is 6.40. The smallest absolute Gasteiger partial charge is 0.0619 e. The lowest BCUT2D eigenvalue weighted by molar-refractivity contribution is 1.30. The molecule has 49 heavy (non-hydrogen) atoms. The fourth-order valence-corrected chi connectivity index (χ4v) is 7.43. The molecule has 0 amide bonds. The summed E-state index contributed by atoms with van der Waals surface area (Å²) >= 11 is 0. The van der Waals surface area contributed by atoms with Crippen LogP contribution >= 0.6 is 0 Å². The van der Waals surface area contributed by atoms with Crippen molar-refractivity contribution in [2.24, 2.45) is 0 Å². The molecule has 236 valence electrons. The first kappa shape index (κ1) is 30.4. The van der Waals surface area contributed by atoms with E-state index in [0.717, 1.165) is 11.4 Å². The molecule has 0 saturated heterocycles. The van der Waals surface area contributed by atoms with Gasteiger partial charge in [0.1, 0.15) is 0 Å². The monoisotopic (exact) mass is 629 g/mol. The molecule has 0 aliphatic heterocycles. The predicted octanol–water partition coefficient (Wildman–Crippen LogP) is 14.2. The maximum atomic E-state index is 2.46. The maximum Gasteiger partial charge on any atom is 0.0619 e. The highest BCUT2D eigenvalue weighted by Crippen LogP contribution is 2.50. The molecule has 0 aromatic heterocycles. The van der Waals surface area contributed by atoms with Crippen LogP contribution in [0.2, 0.25) is 0 Å². The van der Waals surface area contributed by atoms with Gasteiger partial charge < -0.3 is 4.90 Å². The number of nitrogens with zero attached hydrogens (tertiary/aromatic N) is 1. The van der Waals surface area contributed by atoms with E-state index in [4.69, 9.17) is 0 Å². The van der Waals surface area contributed by atoms with Crippen LogP contribution in [0.15, 0.2) is 152 Å². The summed E-state index contributed by atoms with van der Waals surface area (Å²) in [7, 11) is 0. The van der Waals surface area contributed by atoms with Crippen LogP contribution in [0.3, 0.4) is 0 Å². The third-order valence-corrected chi connectivity index (χ3v) is 9.70. The Labute approximate surface area is 288 Å². The zero-order chi connectivity index (χ0) is 33.5. The first-order valence-electron chi connectivity index (χ1n) is 17.4. The Morgan fingerprint density at radius 3 is 1.41 bits per heavy atom. The summed E-state index contributed by atoms with van der Waals surface area (Å²) in [5, 5.41) is 13.0. The molecule has 0 N–H and O–H groups in total. The third kappa shape index (κ3) is 5.19. The standard InChI is InChI=1S/C46H33N.C2H6/c1-30-16-20-32(21-17-30)22-23-33-24-28-36(29-25-33)47(35-26-18-31(2)19-27-35)46-40-11-4-3-10-39(40)44-41-14-6-9-34-8-5-12-37(43(34)41)38-13-7-15-42(46)45(38)44;1-2/h3-29H,1-2H3;1-2H3/b23-22+;. The lowest BCUT2D eigenvalue weighted by atomic mass is 9.86. The first-order valence-corrected chi connectivity index (χ1v) is 17.4. The minimum atomic E-state index is 1.13. The SMILES string of the molecule is CC.Cc1ccc(/C=C/c2ccc(N(c3ccc(C)cc3)c3c4ccccc4c4c5cccc6cccc(c7cccc3c74)c65)cc2)cc1. The molecule has 1 heteroatoms. The maximum absolute atomic E-state index is 2.46. The van der Waals surface area contributed by atoms with E-state index in [1.54, 1.807) is 0 Å². The molecule has 0 aliphatic rings. The Kier molecular flexibility index (Phi) is 7.82. The Morgan fingerprint density at radius 1 is 0.367 bits per heavy atom. The predicted molar refractivity (Wildman–Crippen MR) is 216 cm³/mol. The van der Waals surface area contributed by atoms with Crippen molar-refractivity contribution in [3.05, 3.63) is 174 Å². The lowest BCUT2D eigenvalue weighted by Gasteiger charge is -2.30. The molecule has 9 rings (SSSR count). The van der Waals surface area contributed by atoms with Gasteiger partial charge in [-0.1, -0.05) is 165 Å². The van der Waals surface area contributed by atoms with E-state index in [0.29, 0.717) is 0 Å². The highest BCUT2D eigenvalue weighted by atomic mass is 15.1. The van der Waals surface area contributed by atoms with Gasteiger partial charge in [-0.15, -0.1) is 0 Å². The minimum Gasteiger partial charge on any atom is -0.309 e. The summed E-state index contributed by atoms with van der Waals surface area (Å²) in [6.07, 6.45) is 4.38. The van der Waals surface area contributed by atoms with Crippen molar-refractivity contribution in [1.29, 1.82) is 0 Å². The van der Waals surface area contributed by atoms with Gasteiger partial charge in [0.15, 0.2) is 0 Å². The van der Waals surface area contributed by atoms with Gasteiger partial charge >= 0.3 is 0 Å². The van der Waals surface area contributed by atoms with Gasteiger partial charge in [0, 0.05) is 27.5 Å². The molecule has 0 heterocycles. The lowest BCUT2D eigenvalue weighted by Crippen LogP contribution is -2.11. The van der Waals surface area contributed by atoms with E-state index < -0.39 is 0 Å². The van der Waals surface area contributed by atoms with Crippen LogP contribution in [0.1, 0.15) is 36.1 Å². The number of rotatable bonds is 5. The van der Waals surface area contributed by atoms with Crippen molar-refractivity contribution in [3.8, 4) is 0 Å². The Balaban J connectivity index is 0.00000171. The molecular formula is C48H39N. The van der Waals surface area contributed by atoms with Crippen molar-refractivity contribution in [2.75, 3.05) is 4.90 Å². The van der Waals surface area contributed by atoms with E-state index in [9.17, 15) is 0 Å². The minimum absolute atomic E-state index is 1.13. The van der Waals surface area contributed by atoms with Crippen LogP contribution in [0.5, 0.6) is 0 Å². The zero-order valence-electron chi connectivity index (χ0n) is 28.5. The fourth-order valence-electron chi connectivity index (χ4n) is 7.43. The molecule has 0 radical (unpaired) electrons. The highest BCUT2D eigenvalue weighted by Gasteiger charge is 2.23. The topological polar surface area (TPSA) is 3.24 Å². The Morgan fingerprint density at radius 2 is 0.776 bits per heavy atom. The third-order valence-electron chi connectivity index (χ3n) is 9.70. The van der Waals surface area contributed by atoms with E-state index >= 15 is 0 Å². The fraction of sp³-hybridized carbons (Fsp3) is 0.0833. The van der Waals surface area contributed by atoms with E-state index in [2.05, 4.69) is 183 Å². The van der Waals surface area contributed by atoms with Crippen LogP contribution < -0.4 is 4.90 Å². The second-order valence-electron chi connectivity index (χ2n) is 12.7. The van der Waals surface area contributed by atoms with E-state index in [1.807, 2.05) is 13.8 Å². The molecule has 9 aromatic carbocycles. The summed E-state index contributed by atoms with van der Waals surface area (Å²) < 4.78 is 0. The van der Waals surface area contributed by atoms with Gasteiger partial charge in [-0.25, -0.2) is 0 Å². The summed E-state index contributed by atoms with van der Waals surface area (Å²) in [5.41, 5.74) is 8.37. The summed E-state index contributed by atoms with van der Waals surface area (Å²) in [6.45, 7) is 8.28. The Bertz CT molecular complexity index is 2600. The molecule has 0 aliphatic carbocycles. The van der Waals surface area contributed by atoms with Crippen LogP contribution in [-0.4, -0.2) is 0 Å². The second-order valence-corrected chi connectivity index (χ2v) is 12.7. The van der Waals surface area contributed by atoms with Crippen molar-refractivity contribution in [3.63, 3.8) is 0 Å². The average molecular weight is 630 g/mol. The van der Waals surface area contributed by atoms with E-state index in [1.165, 1.54) is 81.8 Å². The van der Waals surface area contributed by atoms with Crippen molar-refractivity contribution in [1.82, 2.24) is 0 Å². The summed E-state index contributed by atoms with van der Waals surface area (Å²) in [5.74, 6) is 0. The van der Waals surface area contributed by atoms with Gasteiger partial charge in [0.05, 0.1) is 5.69 Å². The zero-order valence-corrected chi connectivity index (χ0v) is 28.5. The number of aryl methyl sites for hydroxylation is 2. The summed E-state index contributed by atoms with van der Waals surface area (Å²) in [4.78, 5) is 2.46. The number of hydrogen-bond donors (Lipinski definition) is 0. The van der Waals surface area contributed by atoms with E-state index in [-0.39, 0.29) is 0 Å². The molecule has 0 bridgehead atoms. The van der Waals surface area contributed by atoms with Gasteiger partial charge in [-0.2, -0.15) is 0 Å². The molecule has 0 spiro atoms. The molecule has 0 saturated carbocycles. The van der Waals surface area contributed by atoms with Crippen LogP contribution in [0.4, 0.5) is 17.1 Å². The van der Waals surface area contributed by atoms with Crippen LogP contribution in [0.25, 0.3) is 66.0 Å². The van der Waals surface area contributed by atoms with Crippen molar-refractivity contribution >= 4 is 83.1 Å². The molecule has 9 aromatic rings. The molecular weight excluding hydrogens is 591 g/mol. The first-order chi connectivity index (χ1) is 24.1. The number of fused-ring (bicyclic) bond motifs is 4. The molecule has 0 fully saturated rings. The summed E-state index contributed by atoms with van der Waals surface area (Å²) in [6, 6.07) is 55.9. The second kappa shape index (κ2) is 12.6. The van der Waals surface area contributed by atoms with Gasteiger partial charge in [-0.05, 0) is 86.9 Å². The van der Waals surface area contributed by atoms with Crippen molar-refractivity contribution in [2.45, 2.75) is 27.7 Å². The van der Waals surface area contributed by atoms with Crippen molar-refractivity contribution < 1.29 is 0 Å². The largest absolute Gasteiger partial charge is 0.309 e. The molecule has 0 atom stereocenters. The Hall–Kier alpha value is -5.92. The van der Waals surface area contributed by atoms with Gasteiger partial charge in [0.2, 0.25) is 0 Å². The average Bonchev–Trinajstić information content (AvgIpc) is 3.16. The van der Waals surface area contributed by atoms with Crippen LogP contribution in [-0.2, 0) is 0 Å². The molecule has 1 nitrogen and oxygen atoms in total. The number of anilines is 3. The van der Waals surface area contributed by atoms with Gasteiger partial charge in [0.25, 0.3) is 0 Å². The quantitative estimate of drug-likeness (QED) is 0.104. The number of benzene rings is 9. The van der Waals surface area contributed by atoms with Crippen LogP contribution in [0, 0.1) is 13.8 Å². The molecule has 0 unspecified atom stereocenters.